The summed E-state index contributed by atoms with van der Waals surface area (Å²) in [6, 6.07) is 15.8. The van der Waals surface area contributed by atoms with Crippen molar-refractivity contribution < 1.29 is 23.8 Å². The minimum absolute atomic E-state index is 0.0338. The summed E-state index contributed by atoms with van der Waals surface area (Å²) in [5.41, 5.74) is 8.43. The molecule has 43 heavy (non-hydrogen) atoms. The molecule has 4 N–H and O–H groups in total. The number of rotatable bonds is 9. The zero-order valence-electron chi connectivity index (χ0n) is 23.7. The second-order valence-electron chi connectivity index (χ2n) is 11.7. The molecular weight excluding hydrogens is 592 g/mol. The number of nitrogens with one attached hydrogen (secondary N) is 1. The number of hydrogen-bond acceptors (Lipinski definition) is 6. The Balaban J connectivity index is 1.38. The van der Waals surface area contributed by atoms with E-state index in [1.807, 2.05) is 6.07 Å². The van der Waals surface area contributed by atoms with Crippen molar-refractivity contribution in [2.45, 2.75) is 62.3 Å². The van der Waals surface area contributed by atoms with Crippen LogP contribution in [0.5, 0.6) is 0 Å². The second-order valence-corrected chi connectivity index (χ2v) is 12.6. The summed E-state index contributed by atoms with van der Waals surface area (Å²) in [4.78, 5) is 28.5. The van der Waals surface area contributed by atoms with Gasteiger partial charge in [-0.3, -0.25) is 9.69 Å². The van der Waals surface area contributed by atoms with Gasteiger partial charge in [0.15, 0.2) is 0 Å². The summed E-state index contributed by atoms with van der Waals surface area (Å²) in [6.45, 7) is 2.63. The van der Waals surface area contributed by atoms with E-state index >= 15 is 4.39 Å². The number of nitrogens with zero attached hydrogens (tertiary/aromatic N) is 1. The first kappa shape index (κ1) is 30.0. The fraction of sp³-hybridized carbons (Fsp3) is 0.394. The molecule has 10 heteroatoms. The summed E-state index contributed by atoms with van der Waals surface area (Å²) in [7, 11) is 0. The minimum Gasteiger partial charge on any atom is -0.462 e. The highest BCUT2D eigenvalue weighted by atomic mass is 35.5. The third kappa shape index (κ3) is 5.23. The summed E-state index contributed by atoms with van der Waals surface area (Å²) < 4.78 is 20.9. The van der Waals surface area contributed by atoms with Crippen LogP contribution in [0.25, 0.3) is 0 Å². The van der Waals surface area contributed by atoms with Crippen molar-refractivity contribution in [1.29, 1.82) is 0 Å². The van der Waals surface area contributed by atoms with E-state index in [0.29, 0.717) is 52.7 Å². The molecule has 7 nitrogen and oxygen atoms in total. The Morgan fingerprint density at radius 2 is 1.93 bits per heavy atom. The molecule has 0 bridgehead atoms. The monoisotopic (exact) mass is 625 g/mol. The van der Waals surface area contributed by atoms with E-state index in [9.17, 15) is 14.7 Å². The van der Waals surface area contributed by atoms with E-state index in [1.54, 1.807) is 55.5 Å². The van der Waals surface area contributed by atoms with Crippen LogP contribution in [0.1, 0.15) is 71.7 Å². The van der Waals surface area contributed by atoms with Crippen LogP contribution in [0.4, 0.5) is 10.1 Å². The van der Waals surface area contributed by atoms with Crippen molar-refractivity contribution in [3.05, 3.63) is 98.8 Å². The Bertz CT molecular complexity index is 1550. The lowest BCUT2D eigenvalue weighted by molar-refractivity contribution is -0.128. The number of halogens is 3. The van der Waals surface area contributed by atoms with Gasteiger partial charge in [0.1, 0.15) is 11.4 Å². The molecule has 0 unspecified atom stereocenters. The van der Waals surface area contributed by atoms with Gasteiger partial charge in [0.25, 0.3) is 0 Å². The van der Waals surface area contributed by atoms with Crippen LogP contribution < -0.4 is 11.1 Å². The Morgan fingerprint density at radius 1 is 1.19 bits per heavy atom. The number of hydrogen-bond donors (Lipinski definition) is 3. The summed E-state index contributed by atoms with van der Waals surface area (Å²) in [5.74, 6) is -1.65. The second kappa shape index (κ2) is 11.8. The molecule has 1 aliphatic carbocycles. The molecule has 2 aliphatic heterocycles. The van der Waals surface area contributed by atoms with Gasteiger partial charge >= 0.3 is 5.97 Å². The predicted molar refractivity (Wildman–Crippen MR) is 164 cm³/mol. The quantitative estimate of drug-likeness (QED) is 0.245. The van der Waals surface area contributed by atoms with Crippen molar-refractivity contribution >= 4 is 40.8 Å². The number of likely N-dealkylation sites (tertiary alicyclic amines) is 1. The molecule has 3 aromatic carbocycles. The summed E-state index contributed by atoms with van der Waals surface area (Å²) >= 11 is 12.6. The molecule has 1 spiro atoms. The van der Waals surface area contributed by atoms with Crippen LogP contribution in [-0.4, -0.2) is 47.1 Å². The average Bonchev–Trinajstić information content (AvgIpc) is 3.72. The van der Waals surface area contributed by atoms with Crippen LogP contribution in [0.3, 0.4) is 0 Å². The molecule has 2 fully saturated rings. The maximum Gasteiger partial charge on any atom is 0.338 e. The number of nitrogens with two attached hydrogens (primary N) is 1. The van der Waals surface area contributed by atoms with Crippen LogP contribution >= 0.6 is 23.2 Å². The number of carbonyl (C=O) groups is 2. The van der Waals surface area contributed by atoms with Crippen molar-refractivity contribution in [1.82, 2.24) is 4.90 Å². The molecule has 5 atom stereocenters. The molecule has 0 radical (unpaired) electrons. The molecule has 3 aliphatic rings. The number of carbonyl (C=O) groups excluding carboxylic acids is 2. The Kier molecular flexibility index (Phi) is 8.26. The van der Waals surface area contributed by atoms with E-state index in [1.165, 1.54) is 6.07 Å². The van der Waals surface area contributed by atoms with E-state index in [2.05, 4.69) is 10.2 Å². The molecule has 1 saturated heterocycles. The number of amides is 1. The zero-order valence-corrected chi connectivity index (χ0v) is 25.2. The first-order valence-electron chi connectivity index (χ1n) is 14.7. The maximum absolute atomic E-state index is 15.8. The fourth-order valence-electron chi connectivity index (χ4n) is 6.99. The number of fused-ring (bicyclic) bond motifs is 2. The van der Waals surface area contributed by atoms with Gasteiger partial charge < -0.3 is 20.9 Å². The molecule has 0 aromatic heterocycles. The minimum atomic E-state index is -1.29. The van der Waals surface area contributed by atoms with Crippen LogP contribution in [0.15, 0.2) is 60.7 Å². The zero-order chi connectivity index (χ0) is 30.5. The highest BCUT2D eigenvalue weighted by molar-refractivity contribution is 6.31. The van der Waals surface area contributed by atoms with Crippen molar-refractivity contribution in [2.75, 3.05) is 18.5 Å². The van der Waals surface area contributed by atoms with Gasteiger partial charge in [-0.15, -0.1) is 0 Å². The van der Waals surface area contributed by atoms with Crippen molar-refractivity contribution in [3.63, 3.8) is 0 Å². The predicted octanol–water partition coefficient (Wildman–Crippen LogP) is 6.18. The highest BCUT2D eigenvalue weighted by Crippen LogP contribution is 2.58. The van der Waals surface area contributed by atoms with E-state index < -0.39 is 35.4 Å². The molecular formula is C33H34Cl2FN3O4. The van der Waals surface area contributed by atoms with E-state index in [-0.39, 0.29) is 29.1 Å². The standard InChI is InChI=1S/C33H34Cl2FN3O4/c1-2-43-31(41)20-10-8-19(9-11-20)27(40)15-14-26-30(37)28(22-4-3-5-24(35)29(22)36)33(39(26)17-18-6-7-18)23-13-12-21(34)16-25(23)38-32(33)42/h3-5,8-13,16,18,26-28,30,40H,2,6-7,14-15,17,37H2,1H3,(H,38,42)/t26-,27+,28-,30+,33+/m0/s1. The molecule has 1 amide bonds. The average molecular weight is 627 g/mol. The molecule has 1 saturated carbocycles. The Morgan fingerprint density at radius 3 is 2.63 bits per heavy atom. The van der Waals surface area contributed by atoms with E-state index in [0.717, 1.165) is 12.8 Å². The number of anilines is 1. The number of esters is 1. The topological polar surface area (TPSA) is 105 Å². The van der Waals surface area contributed by atoms with E-state index in [4.69, 9.17) is 33.7 Å². The van der Waals surface area contributed by atoms with Crippen molar-refractivity contribution in [2.24, 2.45) is 11.7 Å². The number of benzene rings is 3. The third-order valence-corrected chi connectivity index (χ3v) is 9.66. The van der Waals surface area contributed by atoms with Gasteiger partial charge in [-0.25, -0.2) is 9.18 Å². The van der Waals surface area contributed by atoms with Crippen LogP contribution in [0, 0.1) is 11.7 Å². The fourth-order valence-corrected chi connectivity index (χ4v) is 7.34. The number of aliphatic hydroxyl groups excluding tert-OH is 1. The summed E-state index contributed by atoms with van der Waals surface area (Å²) in [6.07, 6.45) is 2.02. The Labute approximate surface area is 260 Å². The lowest BCUT2D eigenvalue weighted by atomic mass is 9.73. The number of aliphatic hydroxyl groups is 1. The van der Waals surface area contributed by atoms with Gasteiger partial charge in [0, 0.05) is 40.8 Å². The normalized spacial score (nSPS) is 25.5. The molecule has 226 valence electrons. The number of ether oxygens (including phenoxy) is 1. The molecule has 2 heterocycles. The van der Waals surface area contributed by atoms with Gasteiger partial charge in [0.05, 0.1) is 23.3 Å². The van der Waals surface area contributed by atoms with Crippen LogP contribution in [-0.2, 0) is 15.1 Å². The SMILES string of the molecule is CCOC(=O)c1ccc([C@H](O)CC[C@H]2[C@@H](N)[C@H](c3cccc(Cl)c3F)[C@]3(C(=O)Nc4cc(Cl)ccc43)N2CC2CC2)cc1. The van der Waals surface area contributed by atoms with Crippen LogP contribution in [0.2, 0.25) is 10.0 Å². The first-order chi connectivity index (χ1) is 20.7. The maximum atomic E-state index is 15.8. The van der Waals surface area contributed by atoms with Gasteiger partial charge in [-0.1, -0.05) is 53.5 Å². The van der Waals surface area contributed by atoms with Gasteiger partial charge in [0.2, 0.25) is 5.91 Å². The smallest absolute Gasteiger partial charge is 0.338 e. The molecule has 3 aromatic rings. The van der Waals surface area contributed by atoms with Crippen molar-refractivity contribution in [3.8, 4) is 0 Å². The third-order valence-electron chi connectivity index (χ3n) is 9.13. The highest BCUT2D eigenvalue weighted by Gasteiger charge is 2.66. The lowest BCUT2D eigenvalue weighted by Crippen LogP contribution is -2.52. The van der Waals surface area contributed by atoms with Gasteiger partial charge in [-0.2, -0.15) is 0 Å². The largest absolute Gasteiger partial charge is 0.462 e. The lowest BCUT2D eigenvalue weighted by Gasteiger charge is -2.40. The summed E-state index contributed by atoms with van der Waals surface area (Å²) in [5, 5.41) is 14.7. The molecule has 6 rings (SSSR count). The Hall–Kier alpha value is -3.01. The van der Waals surface area contributed by atoms with Gasteiger partial charge in [-0.05, 0) is 80.0 Å². The first-order valence-corrected chi connectivity index (χ1v) is 15.4.